The third-order valence-corrected chi connectivity index (χ3v) is 6.21. The van der Waals surface area contributed by atoms with E-state index < -0.39 is 0 Å². The predicted molar refractivity (Wildman–Crippen MR) is 125 cm³/mol. The SMILES string of the molecule is Cc1cc(C)c(C(=O)O[C@@H](c2ccccc2)[C@@H](c2ccccc2)N2CCCC2)c(C)c1. The van der Waals surface area contributed by atoms with Crippen LogP contribution >= 0.6 is 0 Å². The molecule has 1 fully saturated rings. The fraction of sp³-hybridized carbons (Fsp3) is 0.321. The van der Waals surface area contributed by atoms with E-state index in [1.54, 1.807) is 0 Å². The molecule has 3 heteroatoms. The van der Waals surface area contributed by atoms with Crippen LogP contribution in [0, 0.1) is 20.8 Å². The van der Waals surface area contributed by atoms with Gasteiger partial charge in [-0.2, -0.15) is 0 Å². The van der Waals surface area contributed by atoms with Gasteiger partial charge in [0.1, 0.15) is 6.10 Å². The van der Waals surface area contributed by atoms with E-state index in [-0.39, 0.29) is 18.1 Å². The summed E-state index contributed by atoms with van der Waals surface area (Å²) in [6, 6.07) is 24.7. The second-order valence-corrected chi connectivity index (χ2v) is 8.61. The van der Waals surface area contributed by atoms with Crippen LogP contribution in [0.2, 0.25) is 0 Å². The zero-order valence-corrected chi connectivity index (χ0v) is 18.7. The Kier molecular flexibility index (Phi) is 6.53. The van der Waals surface area contributed by atoms with Gasteiger partial charge in [-0.15, -0.1) is 0 Å². The molecule has 160 valence electrons. The van der Waals surface area contributed by atoms with Crippen molar-refractivity contribution < 1.29 is 9.53 Å². The first kappa shape index (κ1) is 21.3. The molecule has 1 saturated heterocycles. The van der Waals surface area contributed by atoms with E-state index >= 15 is 0 Å². The van der Waals surface area contributed by atoms with Gasteiger partial charge in [0.15, 0.2) is 0 Å². The van der Waals surface area contributed by atoms with Crippen molar-refractivity contribution in [2.75, 3.05) is 13.1 Å². The minimum Gasteiger partial charge on any atom is -0.452 e. The molecule has 0 aromatic heterocycles. The van der Waals surface area contributed by atoms with Gasteiger partial charge in [-0.1, -0.05) is 78.4 Å². The lowest BCUT2D eigenvalue weighted by Crippen LogP contribution is -2.33. The van der Waals surface area contributed by atoms with Crippen molar-refractivity contribution in [1.29, 1.82) is 0 Å². The fourth-order valence-electron chi connectivity index (χ4n) is 4.88. The van der Waals surface area contributed by atoms with Gasteiger partial charge in [0, 0.05) is 0 Å². The molecule has 0 spiro atoms. The van der Waals surface area contributed by atoms with Crippen LogP contribution in [0.5, 0.6) is 0 Å². The average molecular weight is 414 g/mol. The summed E-state index contributed by atoms with van der Waals surface area (Å²) in [5.74, 6) is -0.246. The first-order chi connectivity index (χ1) is 15.0. The molecule has 0 unspecified atom stereocenters. The number of hydrogen-bond donors (Lipinski definition) is 0. The van der Waals surface area contributed by atoms with Crippen LogP contribution in [0.1, 0.15) is 63.2 Å². The first-order valence-electron chi connectivity index (χ1n) is 11.2. The summed E-state index contributed by atoms with van der Waals surface area (Å²) in [7, 11) is 0. The van der Waals surface area contributed by atoms with Crippen LogP contribution in [-0.4, -0.2) is 24.0 Å². The number of hydrogen-bond acceptors (Lipinski definition) is 3. The monoisotopic (exact) mass is 413 g/mol. The number of carbonyl (C=O) groups is 1. The number of benzene rings is 3. The lowest BCUT2D eigenvalue weighted by Gasteiger charge is -2.35. The Labute approximate surface area is 185 Å². The highest BCUT2D eigenvalue weighted by Crippen LogP contribution is 2.39. The third-order valence-electron chi connectivity index (χ3n) is 6.21. The van der Waals surface area contributed by atoms with E-state index in [4.69, 9.17) is 4.74 Å². The highest BCUT2D eigenvalue weighted by molar-refractivity contribution is 5.93. The van der Waals surface area contributed by atoms with Crippen molar-refractivity contribution >= 4 is 5.97 Å². The van der Waals surface area contributed by atoms with E-state index in [0.717, 1.165) is 35.3 Å². The first-order valence-corrected chi connectivity index (χ1v) is 11.2. The van der Waals surface area contributed by atoms with Crippen LogP contribution < -0.4 is 0 Å². The van der Waals surface area contributed by atoms with E-state index in [1.807, 2.05) is 38.1 Å². The molecule has 0 bridgehead atoms. The maximum atomic E-state index is 13.5. The van der Waals surface area contributed by atoms with Crippen molar-refractivity contribution in [3.8, 4) is 0 Å². The van der Waals surface area contributed by atoms with Crippen molar-refractivity contribution in [3.05, 3.63) is 106 Å². The number of aryl methyl sites for hydroxylation is 3. The molecule has 1 heterocycles. The Morgan fingerprint density at radius 1 is 0.806 bits per heavy atom. The second-order valence-electron chi connectivity index (χ2n) is 8.61. The molecule has 3 nitrogen and oxygen atoms in total. The molecule has 2 atom stereocenters. The van der Waals surface area contributed by atoms with Crippen molar-refractivity contribution in [2.45, 2.75) is 45.8 Å². The predicted octanol–water partition coefficient (Wildman–Crippen LogP) is 6.35. The average Bonchev–Trinajstić information content (AvgIpc) is 3.28. The second kappa shape index (κ2) is 9.49. The molecule has 0 radical (unpaired) electrons. The summed E-state index contributed by atoms with van der Waals surface area (Å²) < 4.78 is 6.37. The molecule has 3 aromatic carbocycles. The number of esters is 1. The number of likely N-dealkylation sites (tertiary alicyclic amines) is 1. The van der Waals surface area contributed by atoms with Crippen molar-refractivity contribution in [3.63, 3.8) is 0 Å². The summed E-state index contributed by atoms with van der Waals surface area (Å²) in [5, 5.41) is 0. The highest BCUT2D eigenvalue weighted by Gasteiger charge is 2.35. The maximum Gasteiger partial charge on any atom is 0.339 e. The zero-order chi connectivity index (χ0) is 21.8. The van der Waals surface area contributed by atoms with Gasteiger partial charge in [-0.05, 0) is 69.0 Å². The maximum absolute atomic E-state index is 13.5. The molecule has 3 aromatic rings. The van der Waals surface area contributed by atoms with Crippen LogP contribution in [-0.2, 0) is 4.74 Å². The highest BCUT2D eigenvalue weighted by atomic mass is 16.5. The molecule has 31 heavy (non-hydrogen) atoms. The van der Waals surface area contributed by atoms with Gasteiger partial charge in [0.25, 0.3) is 0 Å². The van der Waals surface area contributed by atoms with Gasteiger partial charge in [0.05, 0.1) is 11.6 Å². The van der Waals surface area contributed by atoms with E-state index in [0.29, 0.717) is 5.56 Å². The van der Waals surface area contributed by atoms with E-state index in [9.17, 15) is 4.79 Å². The molecule has 0 N–H and O–H groups in total. The number of carbonyl (C=O) groups excluding carboxylic acids is 1. The largest absolute Gasteiger partial charge is 0.452 e. The van der Waals surface area contributed by atoms with Crippen LogP contribution in [0.25, 0.3) is 0 Å². The minimum absolute atomic E-state index is 0.0129. The lowest BCUT2D eigenvalue weighted by atomic mass is 9.94. The fourth-order valence-corrected chi connectivity index (χ4v) is 4.88. The quantitative estimate of drug-likeness (QED) is 0.441. The zero-order valence-electron chi connectivity index (χ0n) is 18.7. The lowest BCUT2D eigenvalue weighted by molar-refractivity contribution is 0.000109. The van der Waals surface area contributed by atoms with Crippen LogP contribution in [0.3, 0.4) is 0 Å². The Hall–Kier alpha value is -2.91. The van der Waals surface area contributed by atoms with Crippen LogP contribution in [0.15, 0.2) is 72.8 Å². The molecule has 0 saturated carbocycles. The van der Waals surface area contributed by atoms with Gasteiger partial charge in [-0.25, -0.2) is 4.79 Å². The number of rotatable bonds is 6. The molecular weight excluding hydrogens is 382 g/mol. The standard InChI is InChI=1S/C28H31NO2/c1-20-18-21(2)25(22(3)19-20)28(30)31-27(24-14-8-5-9-15-24)26(29-16-10-11-17-29)23-12-6-4-7-13-23/h4-9,12-15,18-19,26-27H,10-11,16-17H2,1-3H3/t26-,27+/m1/s1. The summed E-state index contributed by atoms with van der Waals surface area (Å²) in [6.07, 6.45) is 1.97. The molecule has 1 aliphatic heterocycles. The Bertz CT molecular complexity index is 1000. The minimum atomic E-state index is -0.380. The molecular formula is C28H31NO2. The topological polar surface area (TPSA) is 29.5 Å². The third kappa shape index (κ3) is 4.72. The van der Waals surface area contributed by atoms with Crippen LogP contribution in [0.4, 0.5) is 0 Å². The molecule has 0 aliphatic carbocycles. The number of nitrogens with zero attached hydrogens (tertiary/aromatic N) is 1. The summed E-state index contributed by atoms with van der Waals surface area (Å²) in [4.78, 5) is 16.0. The molecule has 1 aliphatic rings. The van der Waals surface area contributed by atoms with Gasteiger partial charge in [0.2, 0.25) is 0 Å². The smallest absolute Gasteiger partial charge is 0.339 e. The number of ether oxygens (including phenoxy) is 1. The van der Waals surface area contributed by atoms with Gasteiger partial charge < -0.3 is 4.74 Å². The van der Waals surface area contributed by atoms with Gasteiger partial charge >= 0.3 is 5.97 Å². The Morgan fingerprint density at radius 2 is 1.32 bits per heavy atom. The normalized spacial score (nSPS) is 16.1. The molecule has 0 amide bonds. The van der Waals surface area contributed by atoms with Crippen molar-refractivity contribution in [1.82, 2.24) is 4.90 Å². The Morgan fingerprint density at radius 3 is 1.87 bits per heavy atom. The summed E-state index contributed by atoms with van der Waals surface area (Å²) in [6.45, 7) is 8.07. The van der Waals surface area contributed by atoms with Crippen molar-refractivity contribution in [2.24, 2.45) is 0 Å². The molecule has 4 rings (SSSR count). The Balaban J connectivity index is 1.76. The van der Waals surface area contributed by atoms with E-state index in [1.165, 1.54) is 18.4 Å². The summed E-state index contributed by atoms with van der Waals surface area (Å²) >= 11 is 0. The van der Waals surface area contributed by atoms with E-state index in [2.05, 4.69) is 60.4 Å². The van der Waals surface area contributed by atoms with Gasteiger partial charge in [-0.3, -0.25) is 4.90 Å². The summed E-state index contributed by atoms with van der Waals surface area (Å²) in [5.41, 5.74) is 5.98.